The maximum absolute atomic E-state index is 15.0. The summed E-state index contributed by atoms with van der Waals surface area (Å²) in [5.41, 5.74) is 1.75. The summed E-state index contributed by atoms with van der Waals surface area (Å²) >= 11 is 0. The number of benzene rings is 2. The minimum atomic E-state index is -1.76. The van der Waals surface area contributed by atoms with Gasteiger partial charge in [0, 0.05) is 13.5 Å². The van der Waals surface area contributed by atoms with E-state index in [4.69, 9.17) is 18.9 Å². The second-order valence-electron chi connectivity index (χ2n) is 7.84. The third-order valence-electron chi connectivity index (χ3n) is 5.39. The molecule has 7 nitrogen and oxygen atoms in total. The minimum Gasteiger partial charge on any atom is -0.457 e. The van der Waals surface area contributed by atoms with Gasteiger partial charge in [-0.25, -0.2) is 4.39 Å². The van der Waals surface area contributed by atoms with Gasteiger partial charge in [0.2, 0.25) is 12.3 Å². The Balaban J connectivity index is 1.74. The predicted molar refractivity (Wildman–Crippen MR) is 119 cm³/mol. The highest BCUT2D eigenvalue weighted by atomic mass is 19.1. The van der Waals surface area contributed by atoms with Crippen LogP contribution in [0.15, 0.2) is 60.7 Å². The number of alkyl halides is 1. The Hall–Kier alpha value is -2.81. The molecule has 0 saturated carbocycles. The number of amides is 1. The van der Waals surface area contributed by atoms with Crippen LogP contribution in [0.5, 0.6) is 0 Å². The summed E-state index contributed by atoms with van der Waals surface area (Å²) in [6, 6.07) is 18.8. The van der Waals surface area contributed by atoms with Gasteiger partial charge in [0.1, 0.15) is 12.2 Å². The second-order valence-corrected chi connectivity index (χ2v) is 7.84. The molecule has 33 heavy (non-hydrogen) atoms. The molecule has 1 amide bonds. The Labute approximate surface area is 193 Å². The van der Waals surface area contributed by atoms with Gasteiger partial charge in [-0.05, 0) is 18.1 Å². The molecule has 0 spiro atoms. The molecule has 1 N–H and O–H groups in total. The van der Waals surface area contributed by atoms with Gasteiger partial charge in [-0.3, -0.25) is 9.59 Å². The molecule has 2 aromatic rings. The Bertz CT molecular complexity index is 881. The zero-order valence-electron chi connectivity index (χ0n) is 18.8. The van der Waals surface area contributed by atoms with Crippen molar-refractivity contribution in [2.75, 3.05) is 7.05 Å². The first-order chi connectivity index (χ1) is 16.0. The Morgan fingerprint density at radius 3 is 1.97 bits per heavy atom. The summed E-state index contributed by atoms with van der Waals surface area (Å²) in [6.07, 6.45) is -5.56. The quantitative estimate of drug-likeness (QED) is 0.549. The third-order valence-corrected chi connectivity index (χ3v) is 5.39. The summed E-state index contributed by atoms with van der Waals surface area (Å²) in [4.78, 5) is 23.9. The maximum Gasteiger partial charge on any atom is 0.306 e. The van der Waals surface area contributed by atoms with Crippen LogP contribution >= 0.6 is 0 Å². The number of hydrogen-bond donors (Lipinski definition) is 1. The molecule has 0 aliphatic carbocycles. The van der Waals surface area contributed by atoms with Crippen molar-refractivity contribution >= 4 is 11.9 Å². The van der Waals surface area contributed by atoms with Crippen molar-refractivity contribution < 1.29 is 32.9 Å². The molecule has 178 valence electrons. The number of nitrogens with one attached hydrogen (secondary N) is 1. The van der Waals surface area contributed by atoms with Crippen LogP contribution in [0.3, 0.4) is 0 Å². The van der Waals surface area contributed by atoms with Gasteiger partial charge in [-0.2, -0.15) is 0 Å². The topological polar surface area (TPSA) is 83.1 Å². The lowest BCUT2D eigenvalue weighted by Crippen LogP contribution is -2.58. The smallest absolute Gasteiger partial charge is 0.306 e. The van der Waals surface area contributed by atoms with Gasteiger partial charge >= 0.3 is 5.97 Å². The van der Waals surface area contributed by atoms with E-state index in [9.17, 15) is 14.0 Å². The lowest BCUT2D eigenvalue weighted by atomic mass is 9.99. The van der Waals surface area contributed by atoms with Gasteiger partial charge in [0.15, 0.2) is 6.10 Å². The van der Waals surface area contributed by atoms with E-state index in [0.717, 1.165) is 11.1 Å². The molecule has 1 aliphatic rings. The van der Waals surface area contributed by atoms with Crippen LogP contribution < -0.4 is 5.32 Å². The Morgan fingerprint density at radius 1 is 0.879 bits per heavy atom. The number of rotatable bonds is 10. The highest BCUT2D eigenvalue weighted by molar-refractivity contribution is 5.81. The van der Waals surface area contributed by atoms with E-state index in [0.29, 0.717) is 0 Å². The summed E-state index contributed by atoms with van der Waals surface area (Å²) < 4.78 is 37.9. The maximum atomic E-state index is 15.0. The number of halogens is 1. The zero-order chi connectivity index (χ0) is 23.6. The summed E-state index contributed by atoms with van der Waals surface area (Å²) in [6.45, 7) is 1.95. The van der Waals surface area contributed by atoms with Crippen LogP contribution in [-0.4, -0.2) is 49.7 Å². The van der Waals surface area contributed by atoms with Gasteiger partial charge in [-0.1, -0.05) is 60.7 Å². The van der Waals surface area contributed by atoms with Crippen LogP contribution in [0.25, 0.3) is 0 Å². The molecule has 0 bridgehead atoms. The monoisotopic (exact) mass is 459 g/mol. The molecule has 1 fully saturated rings. The number of esters is 1. The molecule has 3 unspecified atom stereocenters. The average Bonchev–Trinajstić information content (AvgIpc) is 2.83. The predicted octanol–water partition coefficient (Wildman–Crippen LogP) is 3.31. The molecule has 1 saturated heterocycles. The fraction of sp³-hybridized carbons (Fsp3) is 0.440. The normalized spacial score (nSPS) is 24.8. The van der Waals surface area contributed by atoms with Crippen molar-refractivity contribution in [1.82, 2.24) is 5.32 Å². The minimum absolute atomic E-state index is 0.00744. The first-order valence-electron chi connectivity index (χ1n) is 11.0. The highest BCUT2D eigenvalue weighted by Crippen LogP contribution is 2.30. The van der Waals surface area contributed by atoms with Gasteiger partial charge < -0.3 is 24.3 Å². The van der Waals surface area contributed by atoms with E-state index in [1.54, 1.807) is 6.92 Å². The fourth-order valence-electron chi connectivity index (χ4n) is 3.57. The van der Waals surface area contributed by atoms with Crippen LogP contribution in [0.2, 0.25) is 0 Å². The lowest BCUT2D eigenvalue weighted by Gasteiger charge is -2.42. The van der Waals surface area contributed by atoms with Gasteiger partial charge in [0.05, 0.1) is 25.7 Å². The standard InChI is InChI=1S/C25H30FNO6/c1-17-22(33-21(29)14-13-20(28)27-2)23(30-15-18-9-5-3-6-10-18)24(25(26)32-17)31-16-19-11-7-4-8-12-19/h3-12,17,22-25H,13-16H2,1-2H3,(H,27,28)/t17?,22-,23+,24?,25?/m0/s1. The number of carbonyl (C=O) groups excluding carboxylic acids is 2. The van der Waals surface area contributed by atoms with Crippen LogP contribution in [0.1, 0.15) is 30.9 Å². The first-order valence-corrected chi connectivity index (χ1v) is 11.0. The van der Waals surface area contributed by atoms with Gasteiger partial charge in [-0.15, -0.1) is 0 Å². The fourth-order valence-corrected chi connectivity index (χ4v) is 3.57. The molecular formula is C25H30FNO6. The van der Waals surface area contributed by atoms with Crippen molar-refractivity contribution in [2.45, 2.75) is 63.8 Å². The molecule has 3 rings (SSSR count). The zero-order valence-corrected chi connectivity index (χ0v) is 18.8. The molecule has 2 aromatic carbocycles. The SMILES string of the molecule is CNC(=O)CCC(=O)O[C@H]1C(C)OC(F)C(OCc2ccccc2)[C@@H]1OCc1ccccc1. The summed E-state index contributed by atoms with van der Waals surface area (Å²) in [5, 5.41) is 2.46. The molecule has 1 heterocycles. The van der Waals surface area contributed by atoms with Gasteiger partial charge in [0.25, 0.3) is 0 Å². The Kier molecular flexibility index (Phi) is 9.35. The number of carbonyl (C=O) groups is 2. The van der Waals surface area contributed by atoms with Crippen molar-refractivity contribution in [1.29, 1.82) is 0 Å². The van der Waals surface area contributed by atoms with Crippen molar-refractivity contribution in [3.63, 3.8) is 0 Å². The van der Waals surface area contributed by atoms with E-state index in [1.165, 1.54) is 7.05 Å². The number of ether oxygens (including phenoxy) is 4. The van der Waals surface area contributed by atoms with E-state index in [2.05, 4.69) is 5.32 Å². The van der Waals surface area contributed by atoms with E-state index in [-0.39, 0.29) is 32.0 Å². The summed E-state index contributed by atoms with van der Waals surface area (Å²) in [5.74, 6) is -0.865. The van der Waals surface area contributed by atoms with Crippen LogP contribution in [0.4, 0.5) is 4.39 Å². The van der Waals surface area contributed by atoms with Crippen molar-refractivity contribution in [3.8, 4) is 0 Å². The molecule has 5 atom stereocenters. The second kappa shape index (κ2) is 12.4. The Morgan fingerprint density at radius 2 is 1.42 bits per heavy atom. The van der Waals surface area contributed by atoms with Crippen molar-refractivity contribution in [2.24, 2.45) is 0 Å². The largest absolute Gasteiger partial charge is 0.457 e. The molecule has 1 aliphatic heterocycles. The van der Waals surface area contributed by atoms with Crippen LogP contribution in [-0.2, 0) is 41.8 Å². The summed E-state index contributed by atoms with van der Waals surface area (Å²) in [7, 11) is 1.49. The third kappa shape index (κ3) is 7.35. The molecule has 0 aromatic heterocycles. The van der Waals surface area contributed by atoms with E-state index < -0.39 is 36.7 Å². The molecular weight excluding hydrogens is 429 g/mol. The van der Waals surface area contributed by atoms with Crippen LogP contribution in [0, 0.1) is 0 Å². The molecule has 0 radical (unpaired) electrons. The highest BCUT2D eigenvalue weighted by Gasteiger charge is 2.48. The van der Waals surface area contributed by atoms with E-state index in [1.807, 2.05) is 60.7 Å². The molecule has 8 heteroatoms. The number of hydrogen-bond acceptors (Lipinski definition) is 6. The lowest BCUT2D eigenvalue weighted by molar-refractivity contribution is -0.282. The first kappa shape index (κ1) is 24.8. The average molecular weight is 460 g/mol. The van der Waals surface area contributed by atoms with E-state index >= 15 is 0 Å². The van der Waals surface area contributed by atoms with Crippen molar-refractivity contribution in [3.05, 3.63) is 71.8 Å².